The van der Waals surface area contributed by atoms with Crippen LogP contribution in [0.2, 0.25) is 0 Å². The average molecular weight is 391 g/mol. The van der Waals surface area contributed by atoms with Crippen LogP contribution in [-0.2, 0) is 16.1 Å². The van der Waals surface area contributed by atoms with Gasteiger partial charge in [0.2, 0.25) is 5.91 Å². The van der Waals surface area contributed by atoms with Crippen molar-refractivity contribution < 1.29 is 14.3 Å². The Kier molecular flexibility index (Phi) is 5.62. The number of nitrogens with one attached hydrogen (secondary N) is 2. The van der Waals surface area contributed by atoms with Crippen LogP contribution in [0.3, 0.4) is 0 Å². The highest BCUT2D eigenvalue weighted by atomic mass is 16.5. The van der Waals surface area contributed by atoms with Gasteiger partial charge < -0.3 is 20.3 Å². The van der Waals surface area contributed by atoms with Crippen molar-refractivity contribution in [3.8, 4) is 0 Å². The number of carbonyl (C=O) groups is 2. The number of rotatable bonds is 6. The lowest BCUT2D eigenvalue weighted by molar-refractivity contribution is -0.116. The number of anilines is 2. The number of fused-ring (bicyclic) bond motifs is 2. The molecular formula is C23H25N3O3. The first-order valence-electron chi connectivity index (χ1n) is 9.92. The smallest absolute Gasteiger partial charge is 0.255 e. The summed E-state index contributed by atoms with van der Waals surface area (Å²) in [5.74, 6) is -0.385. The van der Waals surface area contributed by atoms with E-state index in [0.29, 0.717) is 24.3 Å². The van der Waals surface area contributed by atoms with E-state index >= 15 is 0 Å². The summed E-state index contributed by atoms with van der Waals surface area (Å²) in [5.41, 5.74) is 3.41. The maximum Gasteiger partial charge on any atom is 0.255 e. The lowest BCUT2D eigenvalue weighted by Crippen LogP contribution is -2.42. The lowest BCUT2D eigenvalue weighted by atomic mass is 10.1. The lowest BCUT2D eigenvalue weighted by Gasteiger charge is -2.33. The molecule has 0 radical (unpaired) electrons. The molecule has 2 heterocycles. The van der Waals surface area contributed by atoms with E-state index in [1.54, 1.807) is 12.1 Å². The number of amides is 2. The van der Waals surface area contributed by atoms with Crippen molar-refractivity contribution in [1.82, 2.24) is 5.32 Å². The fraction of sp³-hybridized carbons (Fsp3) is 0.304. The normalized spacial score (nSPS) is 20.2. The highest BCUT2D eigenvalue weighted by Crippen LogP contribution is 2.30. The Morgan fingerprint density at radius 3 is 2.31 bits per heavy atom. The molecular weight excluding hydrogens is 366 g/mol. The standard InChI is InChI=1S/C23H25N3O3/c1-2-22(27)24-13-16-3-5-17(6-4-16)23(28)25-18-7-9-19(10-8-18)26-14-20-11-12-21(15-26)29-20/h2-10,20-21H,1,11-15H2,(H,24,27)(H,25,28). The van der Waals surface area contributed by atoms with E-state index in [0.717, 1.165) is 42.9 Å². The first-order valence-corrected chi connectivity index (χ1v) is 9.92. The summed E-state index contributed by atoms with van der Waals surface area (Å²) in [7, 11) is 0. The number of morpholine rings is 1. The van der Waals surface area contributed by atoms with E-state index in [9.17, 15) is 9.59 Å². The number of nitrogens with zero attached hydrogens (tertiary/aromatic N) is 1. The van der Waals surface area contributed by atoms with E-state index in [-0.39, 0.29) is 11.8 Å². The fourth-order valence-corrected chi connectivity index (χ4v) is 3.82. The van der Waals surface area contributed by atoms with E-state index in [4.69, 9.17) is 4.74 Å². The van der Waals surface area contributed by atoms with E-state index < -0.39 is 0 Å². The van der Waals surface area contributed by atoms with Crippen LogP contribution in [0.5, 0.6) is 0 Å². The molecule has 150 valence electrons. The molecule has 2 bridgehead atoms. The molecule has 2 unspecified atom stereocenters. The van der Waals surface area contributed by atoms with Crippen molar-refractivity contribution in [2.75, 3.05) is 23.3 Å². The Labute approximate surface area is 170 Å². The van der Waals surface area contributed by atoms with Crippen LogP contribution >= 0.6 is 0 Å². The zero-order valence-corrected chi connectivity index (χ0v) is 16.3. The SMILES string of the molecule is C=CC(=O)NCc1ccc(C(=O)Nc2ccc(N3CC4CCC(C3)O4)cc2)cc1. The molecule has 2 N–H and O–H groups in total. The topological polar surface area (TPSA) is 70.7 Å². The Balaban J connectivity index is 1.33. The summed E-state index contributed by atoms with van der Waals surface area (Å²) in [6.45, 7) is 5.68. The average Bonchev–Trinajstić information content (AvgIpc) is 3.10. The maximum absolute atomic E-state index is 12.5. The van der Waals surface area contributed by atoms with Crippen molar-refractivity contribution in [3.63, 3.8) is 0 Å². The first-order chi connectivity index (χ1) is 14.1. The van der Waals surface area contributed by atoms with Gasteiger partial charge in [-0.05, 0) is 60.9 Å². The first kappa shape index (κ1) is 19.2. The minimum Gasteiger partial charge on any atom is -0.371 e. The van der Waals surface area contributed by atoms with Crippen LogP contribution in [0, 0.1) is 0 Å². The molecule has 0 aromatic heterocycles. The van der Waals surface area contributed by atoms with Gasteiger partial charge in [-0.1, -0.05) is 18.7 Å². The largest absolute Gasteiger partial charge is 0.371 e. The van der Waals surface area contributed by atoms with Crippen LogP contribution in [0.1, 0.15) is 28.8 Å². The number of hydrogen-bond acceptors (Lipinski definition) is 4. The second-order valence-corrected chi connectivity index (χ2v) is 7.48. The van der Waals surface area contributed by atoms with Gasteiger partial charge in [0, 0.05) is 36.6 Å². The van der Waals surface area contributed by atoms with Gasteiger partial charge in [0.25, 0.3) is 5.91 Å². The van der Waals surface area contributed by atoms with Gasteiger partial charge in [-0.15, -0.1) is 0 Å². The Morgan fingerprint density at radius 2 is 1.69 bits per heavy atom. The zero-order valence-electron chi connectivity index (χ0n) is 16.3. The monoisotopic (exact) mass is 391 g/mol. The highest BCUT2D eigenvalue weighted by molar-refractivity contribution is 6.04. The fourth-order valence-electron chi connectivity index (χ4n) is 3.82. The van der Waals surface area contributed by atoms with Crippen molar-refractivity contribution in [1.29, 1.82) is 0 Å². The van der Waals surface area contributed by atoms with Gasteiger partial charge in [-0.3, -0.25) is 9.59 Å². The Morgan fingerprint density at radius 1 is 1.03 bits per heavy atom. The molecule has 29 heavy (non-hydrogen) atoms. The summed E-state index contributed by atoms with van der Waals surface area (Å²) in [5, 5.41) is 5.64. The number of carbonyl (C=O) groups excluding carboxylic acids is 2. The third-order valence-electron chi connectivity index (χ3n) is 5.40. The van der Waals surface area contributed by atoms with E-state index in [1.165, 1.54) is 6.08 Å². The summed E-state index contributed by atoms with van der Waals surface area (Å²) in [6.07, 6.45) is 4.22. The molecule has 2 aliphatic heterocycles. The molecule has 2 amide bonds. The van der Waals surface area contributed by atoms with Crippen molar-refractivity contribution in [2.24, 2.45) is 0 Å². The highest BCUT2D eigenvalue weighted by Gasteiger charge is 2.33. The van der Waals surface area contributed by atoms with Gasteiger partial charge in [0.05, 0.1) is 12.2 Å². The summed E-state index contributed by atoms with van der Waals surface area (Å²) in [4.78, 5) is 26.1. The predicted molar refractivity (Wildman–Crippen MR) is 113 cm³/mol. The summed E-state index contributed by atoms with van der Waals surface area (Å²) < 4.78 is 5.89. The molecule has 0 aliphatic carbocycles. The molecule has 2 atom stereocenters. The number of ether oxygens (including phenoxy) is 1. The number of hydrogen-bond donors (Lipinski definition) is 2. The second kappa shape index (κ2) is 8.49. The molecule has 2 saturated heterocycles. The molecule has 0 spiro atoms. The maximum atomic E-state index is 12.5. The molecule has 4 rings (SSSR count). The minimum atomic E-state index is -0.222. The summed E-state index contributed by atoms with van der Waals surface area (Å²) in [6, 6.07) is 15.1. The third kappa shape index (κ3) is 4.66. The number of benzene rings is 2. The Bertz CT molecular complexity index is 881. The summed E-state index contributed by atoms with van der Waals surface area (Å²) >= 11 is 0. The molecule has 2 aromatic rings. The van der Waals surface area contributed by atoms with Crippen molar-refractivity contribution >= 4 is 23.2 Å². The molecule has 2 aromatic carbocycles. The van der Waals surface area contributed by atoms with Crippen LogP contribution < -0.4 is 15.5 Å². The van der Waals surface area contributed by atoms with Crippen LogP contribution in [0.4, 0.5) is 11.4 Å². The van der Waals surface area contributed by atoms with Crippen molar-refractivity contribution in [3.05, 3.63) is 72.3 Å². The van der Waals surface area contributed by atoms with Gasteiger partial charge in [0.1, 0.15) is 0 Å². The minimum absolute atomic E-state index is 0.163. The van der Waals surface area contributed by atoms with Crippen LogP contribution in [0.25, 0.3) is 0 Å². The zero-order chi connectivity index (χ0) is 20.2. The molecule has 6 heteroatoms. The molecule has 0 saturated carbocycles. The second-order valence-electron chi connectivity index (χ2n) is 7.48. The Hall–Kier alpha value is -3.12. The molecule has 2 aliphatic rings. The van der Waals surface area contributed by atoms with Crippen LogP contribution in [-0.4, -0.2) is 37.1 Å². The quantitative estimate of drug-likeness (QED) is 0.743. The van der Waals surface area contributed by atoms with Gasteiger partial charge in [0.15, 0.2) is 0 Å². The third-order valence-corrected chi connectivity index (χ3v) is 5.40. The van der Waals surface area contributed by atoms with E-state index in [2.05, 4.69) is 22.1 Å². The van der Waals surface area contributed by atoms with Gasteiger partial charge >= 0.3 is 0 Å². The molecule has 2 fully saturated rings. The molecule has 6 nitrogen and oxygen atoms in total. The van der Waals surface area contributed by atoms with Crippen LogP contribution in [0.15, 0.2) is 61.2 Å². The van der Waals surface area contributed by atoms with Gasteiger partial charge in [-0.2, -0.15) is 0 Å². The van der Waals surface area contributed by atoms with Crippen molar-refractivity contribution in [2.45, 2.75) is 31.6 Å². The van der Waals surface area contributed by atoms with E-state index in [1.807, 2.05) is 36.4 Å². The van der Waals surface area contributed by atoms with Gasteiger partial charge in [-0.25, -0.2) is 0 Å². The predicted octanol–water partition coefficient (Wildman–Crippen LogP) is 3.11.